The molecular weight excluding hydrogens is 330 g/mol. The summed E-state index contributed by atoms with van der Waals surface area (Å²) in [5.74, 6) is 2.45. The fourth-order valence-corrected chi connectivity index (χ4v) is 3.41. The zero-order valence-electron chi connectivity index (χ0n) is 14.5. The summed E-state index contributed by atoms with van der Waals surface area (Å²) >= 11 is 0. The Morgan fingerprint density at radius 3 is 2.92 bits per heavy atom. The van der Waals surface area contributed by atoms with Crippen LogP contribution in [-0.2, 0) is 11.2 Å². The molecule has 26 heavy (non-hydrogen) atoms. The number of aromatic amines is 1. The Morgan fingerprint density at radius 1 is 1.19 bits per heavy atom. The molecule has 0 amide bonds. The summed E-state index contributed by atoms with van der Waals surface area (Å²) in [7, 11) is 0. The van der Waals surface area contributed by atoms with Crippen LogP contribution in [0.5, 0.6) is 0 Å². The molecule has 3 aromatic heterocycles. The third-order valence-corrected chi connectivity index (χ3v) is 4.79. The predicted octanol–water partition coefficient (Wildman–Crippen LogP) is 3.17. The van der Waals surface area contributed by atoms with Crippen molar-refractivity contribution in [3.8, 4) is 11.4 Å². The smallest absolute Gasteiger partial charge is 0.195 e. The third kappa shape index (κ3) is 2.43. The normalized spacial score (nSPS) is 15.2. The lowest BCUT2D eigenvalue weighted by Gasteiger charge is -2.27. The molecule has 0 radical (unpaired) electrons. The van der Waals surface area contributed by atoms with Crippen molar-refractivity contribution in [3.63, 3.8) is 0 Å². The van der Waals surface area contributed by atoms with E-state index in [4.69, 9.17) is 19.1 Å². The van der Waals surface area contributed by atoms with E-state index in [0.717, 1.165) is 58.7 Å². The summed E-state index contributed by atoms with van der Waals surface area (Å²) < 4.78 is 11.5. The molecule has 1 aliphatic rings. The fraction of sp³-hybridized carbons (Fsp3) is 0.316. The molecule has 5 rings (SSSR count). The number of benzene rings is 1. The minimum Gasteiger partial charge on any atom is -0.455 e. The first-order chi connectivity index (χ1) is 12.8. The Bertz CT molecular complexity index is 1080. The van der Waals surface area contributed by atoms with Gasteiger partial charge in [-0.2, -0.15) is 5.10 Å². The largest absolute Gasteiger partial charge is 0.455 e. The summed E-state index contributed by atoms with van der Waals surface area (Å²) in [5, 5.41) is 8.17. The molecule has 4 aromatic rings. The second kappa shape index (κ2) is 6.10. The number of hydrogen-bond donors (Lipinski definition) is 1. The molecule has 0 saturated carbocycles. The maximum atomic E-state index is 6.04. The third-order valence-electron chi connectivity index (χ3n) is 4.79. The Morgan fingerprint density at radius 2 is 2.08 bits per heavy atom. The number of aromatic nitrogens is 4. The molecule has 7 heteroatoms. The number of hydrogen-bond acceptors (Lipinski definition) is 6. The van der Waals surface area contributed by atoms with Gasteiger partial charge in [-0.1, -0.05) is 19.1 Å². The van der Waals surface area contributed by atoms with Crippen molar-refractivity contribution in [2.45, 2.75) is 13.3 Å². The fourth-order valence-electron chi connectivity index (χ4n) is 3.41. The Balaban J connectivity index is 1.74. The van der Waals surface area contributed by atoms with E-state index >= 15 is 0 Å². The van der Waals surface area contributed by atoms with E-state index in [1.54, 1.807) is 0 Å². The van der Waals surface area contributed by atoms with Gasteiger partial charge in [0.05, 0.1) is 24.9 Å². The lowest BCUT2D eigenvalue weighted by Crippen LogP contribution is -2.37. The highest BCUT2D eigenvalue weighted by Crippen LogP contribution is 2.32. The molecule has 1 aliphatic heterocycles. The van der Waals surface area contributed by atoms with Gasteiger partial charge in [0.2, 0.25) is 0 Å². The standard InChI is InChI=1S/C19H19N5O2/c1-2-12-10-16-17(26-12)19(24-6-8-25-9-7-24)22-18(21-16)13-4-3-5-15-14(13)11-20-23-15/h3-5,10-11H,2,6-9H2,1H3,(H,20,23). The van der Waals surface area contributed by atoms with E-state index in [-0.39, 0.29) is 0 Å². The highest BCUT2D eigenvalue weighted by molar-refractivity contribution is 5.94. The lowest BCUT2D eigenvalue weighted by molar-refractivity contribution is 0.122. The SMILES string of the molecule is CCc1cc2nc(-c3cccc4[nH]ncc34)nc(N3CCOCC3)c2o1. The average Bonchev–Trinajstić information content (AvgIpc) is 3.34. The van der Waals surface area contributed by atoms with Crippen LogP contribution in [0.15, 0.2) is 34.9 Å². The van der Waals surface area contributed by atoms with Gasteiger partial charge in [0.25, 0.3) is 0 Å². The molecule has 7 nitrogen and oxygen atoms in total. The molecule has 0 bridgehead atoms. The number of fused-ring (bicyclic) bond motifs is 2. The first-order valence-electron chi connectivity index (χ1n) is 8.89. The number of nitrogens with zero attached hydrogens (tertiary/aromatic N) is 4. The van der Waals surface area contributed by atoms with Crippen LogP contribution in [0.3, 0.4) is 0 Å². The van der Waals surface area contributed by atoms with Crippen molar-refractivity contribution in [1.82, 2.24) is 20.2 Å². The molecule has 0 aliphatic carbocycles. The minimum absolute atomic E-state index is 0.689. The topological polar surface area (TPSA) is 80.1 Å². The Hall–Kier alpha value is -2.93. The number of aryl methyl sites for hydroxylation is 1. The van der Waals surface area contributed by atoms with Crippen molar-refractivity contribution in [3.05, 3.63) is 36.2 Å². The van der Waals surface area contributed by atoms with Crippen LogP contribution in [0.4, 0.5) is 5.82 Å². The molecule has 0 spiro atoms. The van der Waals surface area contributed by atoms with Gasteiger partial charge in [0.15, 0.2) is 17.2 Å². The first-order valence-corrected chi connectivity index (χ1v) is 8.89. The second-order valence-electron chi connectivity index (χ2n) is 6.39. The molecule has 4 heterocycles. The average molecular weight is 349 g/mol. The minimum atomic E-state index is 0.689. The van der Waals surface area contributed by atoms with Crippen molar-refractivity contribution in [2.24, 2.45) is 0 Å². The van der Waals surface area contributed by atoms with Crippen LogP contribution >= 0.6 is 0 Å². The maximum Gasteiger partial charge on any atom is 0.195 e. The molecule has 1 fully saturated rings. The number of H-pyrrole nitrogens is 1. The molecule has 1 aromatic carbocycles. The summed E-state index contributed by atoms with van der Waals surface area (Å²) in [4.78, 5) is 11.9. The Kier molecular flexibility index (Phi) is 3.60. The van der Waals surface area contributed by atoms with Gasteiger partial charge in [0.1, 0.15) is 11.3 Å². The van der Waals surface area contributed by atoms with Gasteiger partial charge in [-0.3, -0.25) is 5.10 Å². The quantitative estimate of drug-likeness (QED) is 0.612. The number of ether oxygens (including phenoxy) is 1. The Labute approximate surface area is 150 Å². The van der Waals surface area contributed by atoms with Crippen molar-refractivity contribution in [2.75, 3.05) is 31.2 Å². The number of rotatable bonds is 3. The van der Waals surface area contributed by atoms with E-state index in [0.29, 0.717) is 19.0 Å². The van der Waals surface area contributed by atoms with E-state index in [9.17, 15) is 0 Å². The summed E-state index contributed by atoms with van der Waals surface area (Å²) in [6.45, 7) is 5.05. The first kappa shape index (κ1) is 15.3. The van der Waals surface area contributed by atoms with Gasteiger partial charge in [-0.25, -0.2) is 9.97 Å². The van der Waals surface area contributed by atoms with Gasteiger partial charge in [0, 0.05) is 36.5 Å². The highest BCUT2D eigenvalue weighted by Gasteiger charge is 2.21. The van der Waals surface area contributed by atoms with Crippen molar-refractivity contribution < 1.29 is 9.15 Å². The number of nitrogens with one attached hydrogen (secondary N) is 1. The zero-order valence-corrected chi connectivity index (χ0v) is 14.5. The van der Waals surface area contributed by atoms with Crippen molar-refractivity contribution in [1.29, 1.82) is 0 Å². The maximum absolute atomic E-state index is 6.04. The predicted molar refractivity (Wildman–Crippen MR) is 99.3 cm³/mol. The van der Waals surface area contributed by atoms with Crippen LogP contribution in [-0.4, -0.2) is 46.5 Å². The summed E-state index contributed by atoms with van der Waals surface area (Å²) in [5.41, 5.74) is 3.54. The molecule has 132 valence electrons. The molecule has 1 N–H and O–H groups in total. The summed E-state index contributed by atoms with van der Waals surface area (Å²) in [6, 6.07) is 8.04. The number of anilines is 1. The highest BCUT2D eigenvalue weighted by atomic mass is 16.5. The molecule has 0 unspecified atom stereocenters. The van der Waals surface area contributed by atoms with E-state index in [1.807, 2.05) is 30.5 Å². The summed E-state index contributed by atoms with van der Waals surface area (Å²) in [6.07, 6.45) is 2.64. The number of morpholine rings is 1. The van der Waals surface area contributed by atoms with Crippen LogP contribution in [0.25, 0.3) is 33.4 Å². The van der Waals surface area contributed by atoms with E-state index < -0.39 is 0 Å². The van der Waals surface area contributed by atoms with Gasteiger partial charge < -0.3 is 14.1 Å². The van der Waals surface area contributed by atoms with E-state index in [2.05, 4.69) is 22.0 Å². The molecule has 1 saturated heterocycles. The van der Waals surface area contributed by atoms with Gasteiger partial charge >= 0.3 is 0 Å². The monoisotopic (exact) mass is 349 g/mol. The molecular formula is C19H19N5O2. The number of furan rings is 1. The molecule has 0 atom stereocenters. The van der Waals surface area contributed by atoms with Crippen molar-refractivity contribution >= 4 is 27.8 Å². The van der Waals surface area contributed by atoms with Crippen LogP contribution < -0.4 is 4.90 Å². The lowest BCUT2D eigenvalue weighted by atomic mass is 10.1. The van der Waals surface area contributed by atoms with Gasteiger partial charge in [-0.15, -0.1) is 0 Å². The second-order valence-corrected chi connectivity index (χ2v) is 6.39. The van der Waals surface area contributed by atoms with Crippen LogP contribution in [0, 0.1) is 0 Å². The van der Waals surface area contributed by atoms with Gasteiger partial charge in [-0.05, 0) is 6.07 Å². The zero-order chi connectivity index (χ0) is 17.5. The van der Waals surface area contributed by atoms with Crippen LogP contribution in [0.1, 0.15) is 12.7 Å². The van der Waals surface area contributed by atoms with Crippen LogP contribution in [0.2, 0.25) is 0 Å². The van der Waals surface area contributed by atoms with E-state index in [1.165, 1.54) is 0 Å².